The predicted molar refractivity (Wildman–Crippen MR) is 168 cm³/mol. The SMILES string of the molecule is Cc1cc(-c2cc(NCCCC#N)nc(N3Cc4c(cc(CN5CCO[C@H](C)C5)cc4C(F)(F)F)C3=O)c2)c(-c2nncn2C)cn1. The summed E-state index contributed by atoms with van der Waals surface area (Å²) in [7, 11) is 1.81. The first-order valence-corrected chi connectivity index (χ1v) is 15.3. The smallest absolute Gasteiger partial charge is 0.376 e. The van der Waals surface area contributed by atoms with Gasteiger partial charge in [0.15, 0.2) is 5.82 Å². The molecule has 0 radical (unpaired) electrons. The molecule has 47 heavy (non-hydrogen) atoms. The molecule has 0 aliphatic carbocycles. The molecule has 0 saturated carbocycles. The average molecular weight is 646 g/mol. The van der Waals surface area contributed by atoms with Crippen molar-refractivity contribution < 1.29 is 22.7 Å². The largest absolute Gasteiger partial charge is 0.416 e. The average Bonchev–Trinajstić information content (AvgIpc) is 3.61. The maximum absolute atomic E-state index is 14.5. The number of benzene rings is 1. The molecule has 1 amide bonds. The molecule has 1 saturated heterocycles. The Balaban J connectivity index is 1.42. The molecular weight excluding hydrogens is 611 g/mol. The molecule has 0 unspecified atom stereocenters. The van der Waals surface area contributed by atoms with Crippen LogP contribution in [0.5, 0.6) is 0 Å². The number of carbonyl (C=O) groups excluding carboxylic acids is 1. The molecule has 11 nitrogen and oxygen atoms in total. The second kappa shape index (κ2) is 13.1. The number of nitriles is 1. The predicted octanol–water partition coefficient (Wildman–Crippen LogP) is 5.36. The van der Waals surface area contributed by atoms with Gasteiger partial charge < -0.3 is 14.6 Å². The van der Waals surface area contributed by atoms with Crippen LogP contribution in [0.25, 0.3) is 22.5 Å². The van der Waals surface area contributed by atoms with Crippen molar-refractivity contribution in [1.82, 2.24) is 29.6 Å². The standard InChI is InChI=1S/C33H34F3N9O2/c1-20-10-24(26(15-39-20)31-42-40-19-43(31)3)23-13-29(38-7-5-4-6-37)41-30(14-23)45-18-27-25(32(45)46)11-22(12-28(27)33(34,35)36)17-44-8-9-47-21(2)16-44/h10-15,19,21H,4-5,7-9,16-18H2,1-3H3,(H,38,41)/t21-/m1/s1. The van der Waals surface area contributed by atoms with Crippen molar-refractivity contribution in [3.8, 4) is 28.6 Å². The number of carbonyl (C=O) groups is 1. The minimum Gasteiger partial charge on any atom is -0.376 e. The van der Waals surface area contributed by atoms with Gasteiger partial charge in [0.2, 0.25) is 0 Å². The highest BCUT2D eigenvalue weighted by atomic mass is 19.4. The molecule has 244 valence electrons. The number of pyridine rings is 2. The van der Waals surface area contributed by atoms with Gasteiger partial charge in [0, 0.05) is 62.7 Å². The van der Waals surface area contributed by atoms with Crippen LogP contribution in [0.2, 0.25) is 0 Å². The van der Waals surface area contributed by atoms with Gasteiger partial charge in [0.25, 0.3) is 5.91 Å². The molecule has 1 atom stereocenters. The Kier molecular flexibility index (Phi) is 8.94. The fraction of sp³-hybridized carbons (Fsp3) is 0.394. The number of anilines is 2. The van der Waals surface area contributed by atoms with E-state index < -0.39 is 17.6 Å². The van der Waals surface area contributed by atoms with Crippen molar-refractivity contribution in [1.29, 1.82) is 5.26 Å². The molecule has 1 aromatic carbocycles. The van der Waals surface area contributed by atoms with E-state index in [1.54, 1.807) is 35.3 Å². The number of ether oxygens (including phenoxy) is 1. The van der Waals surface area contributed by atoms with Crippen LogP contribution in [0, 0.1) is 18.3 Å². The van der Waals surface area contributed by atoms with Crippen LogP contribution in [-0.4, -0.2) is 67.9 Å². The summed E-state index contributed by atoms with van der Waals surface area (Å²) in [5, 5.41) is 20.5. The Morgan fingerprint density at radius 3 is 2.70 bits per heavy atom. The summed E-state index contributed by atoms with van der Waals surface area (Å²) in [5.41, 5.74) is 2.35. The maximum atomic E-state index is 14.5. The van der Waals surface area contributed by atoms with Crippen molar-refractivity contribution in [2.24, 2.45) is 7.05 Å². The number of aryl methyl sites for hydroxylation is 2. The Hall–Kier alpha value is -4.87. The van der Waals surface area contributed by atoms with Gasteiger partial charge >= 0.3 is 6.18 Å². The quantitative estimate of drug-likeness (QED) is 0.240. The second-order valence-electron chi connectivity index (χ2n) is 11.9. The van der Waals surface area contributed by atoms with Crippen molar-refractivity contribution in [2.45, 2.75) is 52.1 Å². The van der Waals surface area contributed by atoms with E-state index in [0.717, 1.165) is 17.3 Å². The Labute approximate surface area is 270 Å². The molecule has 0 bridgehead atoms. The molecule has 4 aromatic rings. The van der Waals surface area contributed by atoms with E-state index in [9.17, 15) is 18.0 Å². The summed E-state index contributed by atoms with van der Waals surface area (Å²) in [6.07, 6.45) is -0.521. The lowest BCUT2D eigenvalue weighted by atomic mass is 9.98. The lowest BCUT2D eigenvalue weighted by Gasteiger charge is -2.31. The van der Waals surface area contributed by atoms with Gasteiger partial charge in [0.05, 0.1) is 30.9 Å². The summed E-state index contributed by atoms with van der Waals surface area (Å²) in [6, 6.07) is 10.2. The zero-order valence-corrected chi connectivity index (χ0v) is 26.3. The molecule has 0 spiro atoms. The third-order valence-electron chi connectivity index (χ3n) is 8.30. The third-order valence-corrected chi connectivity index (χ3v) is 8.30. The second-order valence-corrected chi connectivity index (χ2v) is 11.9. The minimum absolute atomic E-state index is 0.0198. The zero-order chi connectivity index (χ0) is 33.3. The summed E-state index contributed by atoms with van der Waals surface area (Å²) < 4.78 is 50.8. The monoisotopic (exact) mass is 645 g/mol. The summed E-state index contributed by atoms with van der Waals surface area (Å²) >= 11 is 0. The highest BCUT2D eigenvalue weighted by molar-refractivity contribution is 6.10. The first-order valence-electron chi connectivity index (χ1n) is 15.3. The number of hydrogen-bond donors (Lipinski definition) is 1. The van der Waals surface area contributed by atoms with Crippen molar-refractivity contribution in [2.75, 3.05) is 36.5 Å². The minimum atomic E-state index is -4.66. The Morgan fingerprint density at radius 1 is 1.15 bits per heavy atom. The van der Waals surface area contributed by atoms with Crippen LogP contribution in [0.4, 0.5) is 24.8 Å². The van der Waals surface area contributed by atoms with Crippen LogP contribution in [0.3, 0.4) is 0 Å². The van der Waals surface area contributed by atoms with Crippen molar-refractivity contribution in [3.05, 3.63) is 70.8 Å². The molecule has 2 aliphatic rings. The summed E-state index contributed by atoms with van der Waals surface area (Å²) in [6.45, 7) is 5.87. The van der Waals surface area contributed by atoms with E-state index in [2.05, 4.69) is 31.6 Å². The number of aromatic nitrogens is 5. The normalized spacial score (nSPS) is 16.7. The van der Waals surface area contributed by atoms with Crippen LogP contribution in [0.1, 0.15) is 52.5 Å². The first-order chi connectivity index (χ1) is 22.5. The van der Waals surface area contributed by atoms with E-state index in [1.165, 1.54) is 4.90 Å². The lowest BCUT2D eigenvalue weighted by Crippen LogP contribution is -2.40. The van der Waals surface area contributed by atoms with Crippen molar-refractivity contribution in [3.63, 3.8) is 0 Å². The molecule has 1 N–H and O–H groups in total. The molecule has 2 aliphatic heterocycles. The molecule has 3 aromatic heterocycles. The number of amides is 1. The Morgan fingerprint density at radius 2 is 1.98 bits per heavy atom. The maximum Gasteiger partial charge on any atom is 0.416 e. The van der Waals surface area contributed by atoms with E-state index in [1.807, 2.05) is 31.9 Å². The van der Waals surface area contributed by atoms with Gasteiger partial charge in [-0.3, -0.25) is 19.6 Å². The van der Waals surface area contributed by atoms with E-state index in [-0.39, 0.29) is 36.1 Å². The number of rotatable bonds is 9. The first kappa shape index (κ1) is 32.1. The van der Waals surface area contributed by atoms with E-state index in [4.69, 9.17) is 10.00 Å². The fourth-order valence-electron chi connectivity index (χ4n) is 6.08. The van der Waals surface area contributed by atoms with Gasteiger partial charge in [-0.1, -0.05) is 0 Å². The van der Waals surface area contributed by atoms with Gasteiger partial charge in [-0.15, -0.1) is 10.2 Å². The number of nitrogens with one attached hydrogen (secondary N) is 1. The van der Waals surface area contributed by atoms with Crippen LogP contribution < -0.4 is 10.2 Å². The fourth-order valence-corrected chi connectivity index (χ4v) is 6.08. The highest BCUT2D eigenvalue weighted by Gasteiger charge is 2.41. The van der Waals surface area contributed by atoms with Crippen molar-refractivity contribution >= 4 is 17.5 Å². The topological polar surface area (TPSA) is 125 Å². The number of fused-ring (bicyclic) bond motifs is 1. The number of nitrogens with zero attached hydrogens (tertiary/aromatic N) is 8. The highest BCUT2D eigenvalue weighted by Crippen LogP contribution is 2.41. The number of halogens is 3. The number of morpholine rings is 1. The molecule has 6 rings (SSSR count). The molecule has 14 heteroatoms. The van der Waals surface area contributed by atoms with Gasteiger partial charge in [0.1, 0.15) is 18.0 Å². The molecular formula is C33H34F3N9O2. The molecule has 5 heterocycles. The third kappa shape index (κ3) is 6.81. The number of alkyl halides is 3. The van der Waals surface area contributed by atoms with E-state index >= 15 is 0 Å². The van der Waals surface area contributed by atoms with Crippen LogP contribution >= 0.6 is 0 Å². The summed E-state index contributed by atoms with van der Waals surface area (Å²) in [4.78, 5) is 26.4. The van der Waals surface area contributed by atoms with Crippen LogP contribution in [0.15, 0.2) is 42.9 Å². The van der Waals surface area contributed by atoms with Gasteiger partial charge in [-0.05, 0) is 72.9 Å². The van der Waals surface area contributed by atoms with E-state index in [0.29, 0.717) is 67.4 Å². The lowest BCUT2D eigenvalue weighted by molar-refractivity contribution is -0.138. The van der Waals surface area contributed by atoms with Gasteiger partial charge in [-0.25, -0.2) is 4.98 Å². The van der Waals surface area contributed by atoms with Crippen LogP contribution in [-0.2, 0) is 31.1 Å². The zero-order valence-electron chi connectivity index (χ0n) is 26.3. The van der Waals surface area contributed by atoms with Gasteiger partial charge in [-0.2, -0.15) is 18.4 Å². The number of unbranched alkanes of at least 4 members (excludes halogenated alkanes) is 1. The Bertz CT molecular complexity index is 1850. The molecule has 1 fully saturated rings. The summed E-state index contributed by atoms with van der Waals surface area (Å²) in [5.74, 6) is 0.621. The number of hydrogen-bond acceptors (Lipinski definition) is 9.